The van der Waals surface area contributed by atoms with Gasteiger partial charge in [-0.15, -0.1) is 5.10 Å². The molecule has 1 aromatic heterocycles. The SMILES string of the molecule is C[C@H]1[C@H]([Si](C)(C)F)[C@@H](CCn2cc(C(CO)c3ccccc3)nn2)O[C@]12C(=O)Nc1ccc(I)cc12. The maximum absolute atomic E-state index is 15.7. The molecule has 1 saturated heterocycles. The molecule has 1 unspecified atom stereocenters. The molecule has 0 bridgehead atoms. The van der Waals surface area contributed by atoms with E-state index < -0.39 is 20.1 Å². The molecule has 2 aliphatic heterocycles. The summed E-state index contributed by atoms with van der Waals surface area (Å²) in [5.74, 6) is -0.789. The van der Waals surface area contributed by atoms with Gasteiger partial charge in [-0.2, -0.15) is 0 Å². The van der Waals surface area contributed by atoms with Crippen LogP contribution in [0.5, 0.6) is 0 Å². The lowest BCUT2D eigenvalue weighted by Crippen LogP contribution is -2.42. The van der Waals surface area contributed by atoms with Gasteiger partial charge in [0.05, 0.1) is 24.3 Å². The number of aliphatic hydroxyl groups is 1. The summed E-state index contributed by atoms with van der Waals surface area (Å²) in [6, 6.07) is 15.5. The number of anilines is 1. The van der Waals surface area contributed by atoms with E-state index >= 15 is 4.11 Å². The Morgan fingerprint density at radius 1 is 1.28 bits per heavy atom. The number of hydrogen-bond donors (Lipinski definition) is 2. The van der Waals surface area contributed by atoms with Crippen molar-refractivity contribution in [3.63, 3.8) is 0 Å². The summed E-state index contributed by atoms with van der Waals surface area (Å²) < 4.78 is 25.1. The Bertz CT molecular complexity index is 1270. The van der Waals surface area contributed by atoms with Gasteiger partial charge in [0.1, 0.15) is 0 Å². The van der Waals surface area contributed by atoms with Crippen molar-refractivity contribution in [2.75, 3.05) is 11.9 Å². The minimum absolute atomic E-state index is 0.0779. The van der Waals surface area contributed by atoms with Gasteiger partial charge in [-0.25, -0.2) is 0 Å². The molecule has 0 aliphatic carbocycles. The lowest BCUT2D eigenvalue weighted by molar-refractivity contribution is -0.143. The summed E-state index contributed by atoms with van der Waals surface area (Å²) >= 11 is 2.23. The zero-order valence-corrected chi connectivity index (χ0v) is 23.6. The summed E-state index contributed by atoms with van der Waals surface area (Å²) in [4.78, 5) is 13.3. The molecule has 190 valence electrons. The molecule has 10 heteroatoms. The highest BCUT2D eigenvalue weighted by Gasteiger charge is 2.65. The highest BCUT2D eigenvalue weighted by Crippen LogP contribution is 2.58. The number of carbonyl (C=O) groups excluding carboxylic acids is 1. The van der Waals surface area contributed by atoms with Crippen molar-refractivity contribution in [2.24, 2.45) is 5.92 Å². The summed E-state index contributed by atoms with van der Waals surface area (Å²) in [6.07, 6.45) is 1.90. The third-order valence-electron chi connectivity index (χ3n) is 7.62. The van der Waals surface area contributed by atoms with E-state index in [9.17, 15) is 9.90 Å². The van der Waals surface area contributed by atoms with E-state index in [0.717, 1.165) is 20.4 Å². The maximum atomic E-state index is 15.7. The Labute approximate surface area is 224 Å². The fraction of sp³-hybridized carbons (Fsp3) is 0.423. The number of amides is 1. The van der Waals surface area contributed by atoms with E-state index in [1.54, 1.807) is 17.8 Å². The fourth-order valence-electron chi connectivity index (χ4n) is 6.01. The predicted octanol–water partition coefficient (Wildman–Crippen LogP) is 4.82. The molecule has 1 amide bonds. The molecule has 5 atom stereocenters. The summed E-state index contributed by atoms with van der Waals surface area (Å²) in [5.41, 5.74) is 1.63. The number of aliphatic hydroxyl groups excluding tert-OH is 1. The molecule has 7 nitrogen and oxygen atoms in total. The first kappa shape index (κ1) is 25.5. The Hall–Kier alpha value is -2.15. The van der Waals surface area contributed by atoms with E-state index in [1.807, 2.05) is 61.7 Å². The topological polar surface area (TPSA) is 89.3 Å². The van der Waals surface area contributed by atoms with Crippen LogP contribution in [0.15, 0.2) is 54.7 Å². The van der Waals surface area contributed by atoms with Crippen LogP contribution in [0.2, 0.25) is 18.6 Å². The van der Waals surface area contributed by atoms with Crippen molar-refractivity contribution in [1.29, 1.82) is 0 Å². The standard InChI is InChI=1S/C26H30FIN4O3Si/c1-16-24(36(2,3)27)23(35-26(16)20-13-18(28)9-10-21(20)29-25(26)34)11-12-32-14-22(30-31-32)19(15-33)17-7-5-4-6-8-17/h4-10,13-14,16,19,23-24,33H,11-12,15H2,1-3H3,(H,29,34)/t16-,19?,23+,24-,26+/m0/s1. The first-order valence-electron chi connectivity index (χ1n) is 12.2. The van der Waals surface area contributed by atoms with E-state index in [1.165, 1.54) is 0 Å². The van der Waals surface area contributed by atoms with Gasteiger partial charge in [-0.05, 0) is 65.9 Å². The average molecular weight is 621 g/mol. The number of rotatable bonds is 7. The van der Waals surface area contributed by atoms with Crippen LogP contribution in [0.4, 0.5) is 9.80 Å². The van der Waals surface area contributed by atoms with Gasteiger partial charge in [0.15, 0.2) is 5.60 Å². The van der Waals surface area contributed by atoms with Crippen LogP contribution in [0, 0.1) is 9.49 Å². The molecule has 2 aromatic carbocycles. The minimum Gasteiger partial charge on any atom is -0.395 e. The normalized spacial score (nSPS) is 26.3. The zero-order chi connectivity index (χ0) is 25.7. The quantitative estimate of drug-likeness (QED) is 0.225. The fourth-order valence-corrected chi connectivity index (χ4v) is 9.04. The second-order valence-electron chi connectivity index (χ2n) is 10.3. The van der Waals surface area contributed by atoms with Crippen LogP contribution < -0.4 is 5.32 Å². The Morgan fingerprint density at radius 2 is 2.03 bits per heavy atom. The van der Waals surface area contributed by atoms with Crippen LogP contribution in [-0.4, -0.2) is 47.1 Å². The third kappa shape index (κ3) is 4.31. The van der Waals surface area contributed by atoms with Crippen LogP contribution in [0.25, 0.3) is 0 Å². The molecular formula is C26H30FIN4O3Si. The number of aromatic nitrogens is 3. The van der Waals surface area contributed by atoms with E-state index in [4.69, 9.17) is 4.74 Å². The van der Waals surface area contributed by atoms with Crippen molar-refractivity contribution in [2.45, 2.75) is 56.1 Å². The van der Waals surface area contributed by atoms with Crippen molar-refractivity contribution in [1.82, 2.24) is 15.0 Å². The number of fused-ring (bicyclic) bond motifs is 2. The van der Waals surface area contributed by atoms with Crippen molar-refractivity contribution >= 4 is 42.6 Å². The van der Waals surface area contributed by atoms with Crippen molar-refractivity contribution < 1.29 is 18.7 Å². The van der Waals surface area contributed by atoms with Crippen LogP contribution in [0.1, 0.15) is 36.1 Å². The predicted molar refractivity (Wildman–Crippen MR) is 146 cm³/mol. The van der Waals surface area contributed by atoms with Crippen LogP contribution in [0.3, 0.4) is 0 Å². The summed E-state index contributed by atoms with van der Waals surface area (Å²) in [6.45, 7) is 5.74. The molecule has 0 radical (unpaired) electrons. The second-order valence-corrected chi connectivity index (χ2v) is 15.3. The number of hydrogen-bond acceptors (Lipinski definition) is 5. The van der Waals surface area contributed by atoms with Gasteiger partial charge in [-0.1, -0.05) is 42.5 Å². The van der Waals surface area contributed by atoms with Gasteiger partial charge in [0.25, 0.3) is 5.91 Å². The van der Waals surface area contributed by atoms with Gasteiger partial charge in [-0.3, -0.25) is 9.48 Å². The molecule has 1 fully saturated rings. The number of nitrogens with zero attached hydrogens (tertiary/aromatic N) is 3. The molecule has 0 saturated carbocycles. The minimum atomic E-state index is -3.19. The Morgan fingerprint density at radius 3 is 2.72 bits per heavy atom. The smallest absolute Gasteiger partial charge is 0.261 e. The number of halogens is 2. The first-order valence-corrected chi connectivity index (χ1v) is 16.2. The lowest BCUT2D eigenvalue weighted by atomic mass is 9.82. The first-order chi connectivity index (χ1) is 17.1. The molecule has 3 heterocycles. The molecule has 3 aromatic rings. The summed E-state index contributed by atoms with van der Waals surface area (Å²) in [7, 11) is -3.19. The highest BCUT2D eigenvalue weighted by atomic mass is 127. The van der Waals surface area contributed by atoms with Gasteiger partial charge in [0.2, 0.25) is 8.41 Å². The second kappa shape index (κ2) is 9.62. The van der Waals surface area contributed by atoms with Crippen LogP contribution in [-0.2, 0) is 21.7 Å². The number of ether oxygens (including phenoxy) is 1. The van der Waals surface area contributed by atoms with Crippen molar-refractivity contribution in [3.8, 4) is 0 Å². The van der Waals surface area contributed by atoms with E-state index in [2.05, 4.69) is 38.2 Å². The van der Waals surface area contributed by atoms with E-state index in [-0.39, 0.29) is 29.9 Å². The van der Waals surface area contributed by atoms with Gasteiger partial charge >= 0.3 is 0 Å². The number of aryl methyl sites for hydroxylation is 1. The third-order valence-corrected chi connectivity index (χ3v) is 10.7. The average Bonchev–Trinajstić information content (AvgIpc) is 3.50. The number of carbonyl (C=O) groups is 1. The molecule has 5 rings (SSSR count). The van der Waals surface area contributed by atoms with Gasteiger partial charge in [0, 0.05) is 39.0 Å². The number of benzene rings is 2. The van der Waals surface area contributed by atoms with E-state index in [0.29, 0.717) is 18.7 Å². The zero-order valence-electron chi connectivity index (χ0n) is 20.5. The lowest BCUT2D eigenvalue weighted by Gasteiger charge is -2.30. The Balaban J connectivity index is 1.40. The molecule has 36 heavy (non-hydrogen) atoms. The van der Waals surface area contributed by atoms with Crippen LogP contribution >= 0.6 is 22.6 Å². The Kier molecular flexibility index (Phi) is 6.81. The number of nitrogens with one attached hydrogen (secondary N) is 1. The maximum Gasteiger partial charge on any atom is 0.261 e. The molecule has 1 spiro atoms. The largest absolute Gasteiger partial charge is 0.395 e. The monoisotopic (exact) mass is 620 g/mol. The molecule has 2 N–H and O–H groups in total. The molecule has 2 aliphatic rings. The van der Waals surface area contributed by atoms with Crippen molar-refractivity contribution in [3.05, 3.63) is 75.1 Å². The van der Waals surface area contributed by atoms with Gasteiger partial charge < -0.3 is 19.3 Å². The molecular weight excluding hydrogens is 590 g/mol. The highest BCUT2D eigenvalue weighted by molar-refractivity contribution is 14.1. The summed E-state index contributed by atoms with van der Waals surface area (Å²) in [5, 5.41) is 21.5.